The molecule has 1 aromatic rings. The molecule has 2 aliphatic heterocycles. The van der Waals surface area contributed by atoms with Crippen molar-refractivity contribution in [3.05, 3.63) is 30.3 Å². The molecule has 0 saturated carbocycles. The largest absolute Gasteiger partial charge is 0.326 e. The van der Waals surface area contributed by atoms with Crippen molar-refractivity contribution in [3.63, 3.8) is 0 Å². The molecule has 1 amide bonds. The second-order valence-electron chi connectivity index (χ2n) is 8.61. The van der Waals surface area contributed by atoms with Crippen molar-refractivity contribution in [1.29, 1.82) is 5.26 Å². The molecular weight excluding hydrogens is 402 g/mol. The van der Waals surface area contributed by atoms with Crippen LogP contribution in [-0.2, 0) is 14.8 Å². The number of likely N-dealkylation sites (tertiary alicyclic amines) is 1. The number of carbonyl (C=O) groups is 1. The average molecular weight is 434 g/mol. The van der Waals surface area contributed by atoms with Gasteiger partial charge in [-0.25, -0.2) is 8.42 Å². The minimum Gasteiger partial charge on any atom is -0.326 e. The van der Waals surface area contributed by atoms with Gasteiger partial charge in [0.15, 0.2) is 0 Å². The van der Waals surface area contributed by atoms with E-state index in [0.717, 1.165) is 6.42 Å². The molecule has 2 N–H and O–H groups in total. The molecule has 3 rings (SSSR count). The number of para-hydroxylation sites is 1. The van der Waals surface area contributed by atoms with Crippen LogP contribution in [0.25, 0.3) is 0 Å². The highest BCUT2D eigenvalue weighted by Gasteiger charge is 2.37. The van der Waals surface area contributed by atoms with E-state index in [9.17, 15) is 18.5 Å². The molecule has 0 aliphatic carbocycles. The van der Waals surface area contributed by atoms with Gasteiger partial charge in [-0.3, -0.25) is 9.10 Å². The molecular formula is C21H31N5O3S. The van der Waals surface area contributed by atoms with Gasteiger partial charge in [-0.2, -0.15) is 5.26 Å². The molecule has 1 unspecified atom stereocenters. The van der Waals surface area contributed by atoms with Gasteiger partial charge in [0.2, 0.25) is 15.9 Å². The summed E-state index contributed by atoms with van der Waals surface area (Å²) in [7, 11) is -3.56. The predicted molar refractivity (Wildman–Crippen MR) is 116 cm³/mol. The number of nitriles is 1. The Balaban J connectivity index is 1.73. The van der Waals surface area contributed by atoms with Crippen LogP contribution in [0.15, 0.2) is 30.3 Å². The SMILES string of the molecule is CC(C)(CN(c1ccccc1)S(=O)(=O)[C@H]1CCNC1)NCC(=O)N1CCCC1C#N. The van der Waals surface area contributed by atoms with E-state index in [1.807, 2.05) is 32.0 Å². The minimum atomic E-state index is -3.56. The Hall–Kier alpha value is -2.15. The van der Waals surface area contributed by atoms with Crippen LogP contribution in [-0.4, -0.2) is 68.8 Å². The zero-order chi connectivity index (χ0) is 21.8. The molecule has 0 spiro atoms. The number of sulfonamides is 1. The fraction of sp³-hybridized carbons (Fsp3) is 0.619. The van der Waals surface area contributed by atoms with Crippen molar-refractivity contribution in [2.45, 2.75) is 49.9 Å². The zero-order valence-corrected chi connectivity index (χ0v) is 18.5. The van der Waals surface area contributed by atoms with Gasteiger partial charge < -0.3 is 15.5 Å². The third-order valence-corrected chi connectivity index (χ3v) is 7.97. The predicted octanol–water partition coefficient (Wildman–Crippen LogP) is 1.07. The standard InChI is InChI=1S/C21H31N5O3S/c1-21(2,24-15-20(27)25-12-6-9-18(25)13-22)16-26(17-7-4-3-5-8-17)30(28,29)19-10-11-23-14-19/h3-5,7-8,18-19,23-24H,6,9-12,14-16H2,1-2H3/t18?,19-/m0/s1. The fourth-order valence-corrected chi connectivity index (χ4v) is 6.04. The van der Waals surface area contributed by atoms with Crippen molar-refractivity contribution >= 4 is 21.6 Å². The fourth-order valence-electron chi connectivity index (χ4n) is 4.02. The highest BCUT2D eigenvalue weighted by Crippen LogP contribution is 2.25. The molecule has 9 heteroatoms. The van der Waals surface area contributed by atoms with Crippen molar-refractivity contribution in [1.82, 2.24) is 15.5 Å². The van der Waals surface area contributed by atoms with Crippen molar-refractivity contribution in [2.24, 2.45) is 0 Å². The molecule has 2 heterocycles. The monoisotopic (exact) mass is 433 g/mol. The van der Waals surface area contributed by atoms with Crippen LogP contribution in [0.4, 0.5) is 5.69 Å². The summed E-state index contributed by atoms with van der Waals surface area (Å²) in [5.74, 6) is -0.124. The Morgan fingerprint density at radius 3 is 2.70 bits per heavy atom. The normalized spacial score (nSPS) is 22.1. The van der Waals surface area contributed by atoms with Crippen LogP contribution in [0.3, 0.4) is 0 Å². The summed E-state index contributed by atoms with van der Waals surface area (Å²) in [6.45, 7) is 5.79. The summed E-state index contributed by atoms with van der Waals surface area (Å²) in [6, 6.07) is 10.9. The molecule has 2 aliphatic rings. The van der Waals surface area contributed by atoms with E-state index in [2.05, 4.69) is 16.7 Å². The Morgan fingerprint density at radius 1 is 1.33 bits per heavy atom. The molecule has 2 saturated heterocycles. The first-order valence-corrected chi connectivity index (χ1v) is 12.0. The molecule has 8 nitrogen and oxygen atoms in total. The van der Waals surface area contributed by atoms with E-state index in [0.29, 0.717) is 38.2 Å². The van der Waals surface area contributed by atoms with Crippen molar-refractivity contribution in [2.75, 3.05) is 37.0 Å². The van der Waals surface area contributed by atoms with Gasteiger partial charge in [-0.1, -0.05) is 18.2 Å². The maximum absolute atomic E-state index is 13.4. The van der Waals surface area contributed by atoms with Gasteiger partial charge in [-0.05, 0) is 51.8 Å². The zero-order valence-electron chi connectivity index (χ0n) is 17.7. The lowest BCUT2D eigenvalue weighted by molar-refractivity contribution is -0.130. The number of hydrogen-bond acceptors (Lipinski definition) is 6. The third kappa shape index (κ3) is 5.12. The number of nitrogens with zero attached hydrogens (tertiary/aromatic N) is 3. The summed E-state index contributed by atoms with van der Waals surface area (Å²) < 4.78 is 28.2. The van der Waals surface area contributed by atoms with Gasteiger partial charge in [0.05, 0.1) is 30.1 Å². The minimum absolute atomic E-state index is 0.0683. The van der Waals surface area contributed by atoms with Gasteiger partial charge in [-0.15, -0.1) is 0 Å². The summed E-state index contributed by atoms with van der Waals surface area (Å²) >= 11 is 0. The van der Waals surface area contributed by atoms with Gasteiger partial charge in [0.25, 0.3) is 0 Å². The van der Waals surface area contributed by atoms with Crippen LogP contribution in [0.1, 0.15) is 33.1 Å². The Morgan fingerprint density at radius 2 is 2.07 bits per heavy atom. The Kier molecular flexibility index (Phi) is 7.01. The van der Waals surface area contributed by atoms with Crippen LogP contribution in [0.2, 0.25) is 0 Å². The Labute approximate surface area is 179 Å². The lowest BCUT2D eigenvalue weighted by Gasteiger charge is -2.36. The van der Waals surface area contributed by atoms with E-state index >= 15 is 0 Å². The molecule has 0 aromatic heterocycles. The summed E-state index contributed by atoms with van der Waals surface area (Å²) in [6.07, 6.45) is 2.13. The molecule has 30 heavy (non-hydrogen) atoms. The van der Waals surface area contributed by atoms with Gasteiger partial charge >= 0.3 is 0 Å². The molecule has 164 valence electrons. The van der Waals surface area contributed by atoms with E-state index in [1.54, 1.807) is 17.0 Å². The number of nitrogens with one attached hydrogen (secondary N) is 2. The first-order chi connectivity index (χ1) is 14.2. The number of rotatable bonds is 8. The average Bonchev–Trinajstić information content (AvgIpc) is 3.43. The van der Waals surface area contributed by atoms with Gasteiger partial charge in [0, 0.05) is 18.6 Å². The van der Waals surface area contributed by atoms with Crippen molar-refractivity contribution in [3.8, 4) is 6.07 Å². The summed E-state index contributed by atoms with van der Waals surface area (Å²) in [4.78, 5) is 14.2. The maximum Gasteiger partial charge on any atom is 0.239 e. The number of carbonyl (C=O) groups excluding carboxylic acids is 1. The topological polar surface area (TPSA) is 106 Å². The quantitative estimate of drug-likeness (QED) is 0.635. The van der Waals surface area contributed by atoms with E-state index < -0.39 is 20.8 Å². The molecule has 1 aromatic carbocycles. The number of benzene rings is 1. The van der Waals surface area contributed by atoms with Crippen LogP contribution >= 0.6 is 0 Å². The first kappa shape index (κ1) is 22.5. The summed E-state index contributed by atoms with van der Waals surface area (Å²) in [5, 5.41) is 15.1. The van der Waals surface area contributed by atoms with E-state index in [1.165, 1.54) is 4.31 Å². The van der Waals surface area contributed by atoms with E-state index in [-0.39, 0.29) is 25.0 Å². The van der Waals surface area contributed by atoms with Crippen LogP contribution in [0.5, 0.6) is 0 Å². The third-order valence-electron chi connectivity index (χ3n) is 5.77. The molecule has 0 radical (unpaired) electrons. The number of amides is 1. The lowest BCUT2D eigenvalue weighted by atomic mass is 10.1. The number of hydrogen-bond donors (Lipinski definition) is 2. The van der Waals surface area contributed by atoms with Crippen LogP contribution < -0.4 is 14.9 Å². The second kappa shape index (κ2) is 9.33. The first-order valence-electron chi connectivity index (χ1n) is 10.5. The van der Waals surface area contributed by atoms with Gasteiger partial charge in [0.1, 0.15) is 6.04 Å². The Bertz CT molecular complexity index is 876. The lowest BCUT2D eigenvalue weighted by Crippen LogP contribution is -2.55. The molecule has 2 fully saturated rings. The van der Waals surface area contributed by atoms with E-state index in [4.69, 9.17) is 0 Å². The second-order valence-corrected chi connectivity index (χ2v) is 10.8. The number of anilines is 1. The maximum atomic E-state index is 13.4. The smallest absolute Gasteiger partial charge is 0.239 e. The van der Waals surface area contributed by atoms with Crippen LogP contribution in [0, 0.1) is 11.3 Å². The highest BCUT2D eigenvalue weighted by atomic mass is 32.2. The van der Waals surface area contributed by atoms with Crippen molar-refractivity contribution < 1.29 is 13.2 Å². The molecule has 0 bridgehead atoms. The summed E-state index contributed by atoms with van der Waals surface area (Å²) in [5.41, 5.74) is -0.0263. The highest BCUT2D eigenvalue weighted by molar-refractivity contribution is 7.93. The molecule has 2 atom stereocenters.